The number of hydrogen-bond acceptors (Lipinski definition) is 3. The Labute approximate surface area is 53.9 Å². The average molecular weight is 127 g/mol. The first-order valence-corrected chi connectivity index (χ1v) is 2.85. The second-order valence-corrected chi connectivity index (χ2v) is 1.51. The van der Waals surface area contributed by atoms with Gasteiger partial charge in [0, 0.05) is 6.08 Å². The van der Waals surface area contributed by atoms with Crippen LogP contribution in [-0.4, -0.2) is 6.61 Å². The minimum absolute atomic E-state index is 0.649. The molecule has 0 fully saturated rings. The highest BCUT2D eigenvalue weighted by Gasteiger charge is 1.95. The Bertz CT molecular complexity index is 140. The molecule has 0 aromatic heterocycles. The summed E-state index contributed by atoms with van der Waals surface area (Å²) in [6.07, 6.45) is 5.11. The number of nitrogens with one attached hydrogen (secondary N) is 1. The molecule has 3 heteroatoms. The van der Waals surface area contributed by atoms with Crippen molar-refractivity contribution in [3.63, 3.8) is 0 Å². The van der Waals surface area contributed by atoms with Crippen LogP contribution in [0.5, 0.6) is 0 Å². The summed E-state index contributed by atoms with van der Waals surface area (Å²) in [6, 6.07) is 0. The van der Waals surface area contributed by atoms with Gasteiger partial charge in [0.15, 0.2) is 0 Å². The molecule has 0 unspecified atom stereocenters. The van der Waals surface area contributed by atoms with Crippen LogP contribution in [-0.2, 0) is 9.57 Å². The first-order chi connectivity index (χ1) is 4.43. The quantitative estimate of drug-likeness (QED) is 0.598. The lowest BCUT2D eigenvalue weighted by Crippen LogP contribution is -2.15. The lowest BCUT2D eigenvalue weighted by atomic mass is 10.5. The van der Waals surface area contributed by atoms with Crippen LogP contribution in [0.2, 0.25) is 0 Å². The molecule has 9 heavy (non-hydrogen) atoms. The number of ether oxygens (including phenoxy) is 1. The molecule has 0 radical (unpaired) electrons. The van der Waals surface area contributed by atoms with Gasteiger partial charge in [0.2, 0.25) is 5.88 Å². The topological polar surface area (TPSA) is 30.5 Å². The van der Waals surface area contributed by atoms with Crippen LogP contribution in [0.15, 0.2) is 24.3 Å². The number of hydroxylamine groups is 1. The van der Waals surface area contributed by atoms with E-state index in [-0.39, 0.29) is 0 Å². The summed E-state index contributed by atoms with van der Waals surface area (Å²) < 4.78 is 5.06. The van der Waals surface area contributed by atoms with Gasteiger partial charge in [0.05, 0.1) is 6.61 Å². The standard InChI is InChI=1S/C6H9NO2/c1-2-8-6-4-3-5-9-7-6/h3-5,7H,2H2,1H3. The molecule has 0 spiro atoms. The summed E-state index contributed by atoms with van der Waals surface area (Å²) in [7, 11) is 0. The van der Waals surface area contributed by atoms with Gasteiger partial charge in [-0.1, -0.05) is 0 Å². The first-order valence-electron chi connectivity index (χ1n) is 2.85. The zero-order chi connectivity index (χ0) is 6.53. The third kappa shape index (κ3) is 1.68. The Morgan fingerprint density at radius 1 is 1.78 bits per heavy atom. The lowest BCUT2D eigenvalue weighted by molar-refractivity contribution is 0.0748. The molecule has 1 N–H and O–H groups in total. The molecule has 0 atom stereocenters. The Morgan fingerprint density at radius 3 is 3.22 bits per heavy atom. The van der Waals surface area contributed by atoms with Crippen molar-refractivity contribution in [3.05, 3.63) is 24.3 Å². The van der Waals surface area contributed by atoms with Crippen molar-refractivity contribution < 1.29 is 9.57 Å². The molecule has 1 heterocycles. The van der Waals surface area contributed by atoms with Gasteiger partial charge >= 0.3 is 0 Å². The maximum absolute atomic E-state index is 5.06. The van der Waals surface area contributed by atoms with Crippen LogP contribution in [0.1, 0.15) is 6.92 Å². The lowest BCUT2D eigenvalue weighted by Gasteiger charge is -2.11. The van der Waals surface area contributed by atoms with Crippen molar-refractivity contribution in [2.75, 3.05) is 6.61 Å². The number of allylic oxidation sites excluding steroid dienone is 2. The van der Waals surface area contributed by atoms with E-state index in [9.17, 15) is 0 Å². The molecule has 50 valence electrons. The van der Waals surface area contributed by atoms with Crippen LogP contribution in [0.4, 0.5) is 0 Å². The second-order valence-electron chi connectivity index (χ2n) is 1.51. The van der Waals surface area contributed by atoms with Crippen LogP contribution in [0.3, 0.4) is 0 Å². The molecule has 0 aromatic rings. The van der Waals surface area contributed by atoms with E-state index < -0.39 is 0 Å². The molecule has 0 amide bonds. The molecule has 0 saturated carbocycles. The van der Waals surface area contributed by atoms with E-state index in [1.807, 2.05) is 6.92 Å². The van der Waals surface area contributed by atoms with E-state index in [1.165, 1.54) is 0 Å². The fourth-order valence-corrected chi connectivity index (χ4v) is 0.525. The average Bonchev–Trinajstić information content (AvgIpc) is 1.91. The number of hydrogen-bond donors (Lipinski definition) is 1. The van der Waals surface area contributed by atoms with E-state index in [1.54, 1.807) is 18.4 Å². The van der Waals surface area contributed by atoms with E-state index in [4.69, 9.17) is 9.57 Å². The predicted molar refractivity (Wildman–Crippen MR) is 33.1 cm³/mol. The van der Waals surface area contributed by atoms with Gasteiger partial charge in [0.1, 0.15) is 6.26 Å². The number of rotatable bonds is 2. The third-order valence-electron chi connectivity index (χ3n) is 0.854. The van der Waals surface area contributed by atoms with Gasteiger partial charge in [-0.2, -0.15) is 5.48 Å². The van der Waals surface area contributed by atoms with Crippen molar-refractivity contribution >= 4 is 0 Å². The Morgan fingerprint density at radius 2 is 2.67 bits per heavy atom. The van der Waals surface area contributed by atoms with Crippen LogP contribution in [0.25, 0.3) is 0 Å². The molecule has 0 aliphatic carbocycles. The summed E-state index contributed by atoms with van der Waals surface area (Å²) in [4.78, 5) is 4.71. The Balaban J connectivity index is 2.38. The molecule has 0 aromatic carbocycles. The predicted octanol–water partition coefficient (Wildman–Crippen LogP) is 0.913. The molecule has 1 aliphatic rings. The Hall–Kier alpha value is -1.12. The molecule has 1 aliphatic heterocycles. The van der Waals surface area contributed by atoms with Crippen molar-refractivity contribution in [2.24, 2.45) is 0 Å². The highest BCUT2D eigenvalue weighted by Crippen LogP contribution is 1.97. The van der Waals surface area contributed by atoms with E-state index in [0.29, 0.717) is 12.5 Å². The van der Waals surface area contributed by atoms with Crippen molar-refractivity contribution in [2.45, 2.75) is 6.92 Å². The van der Waals surface area contributed by atoms with Crippen molar-refractivity contribution in [3.8, 4) is 0 Å². The Kier molecular flexibility index (Phi) is 2.01. The van der Waals surface area contributed by atoms with Crippen LogP contribution >= 0.6 is 0 Å². The summed E-state index contributed by atoms with van der Waals surface area (Å²) in [6.45, 7) is 2.57. The molecular weight excluding hydrogens is 118 g/mol. The second kappa shape index (κ2) is 3.02. The highest BCUT2D eigenvalue weighted by molar-refractivity contribution is 5.05. The van der Waals surface area contributed by atoms with Gasteiger partial charge in [-0.25, -0.2) is 0 Å². The summed E-state index contributed by atoms with van der Waals surface area (Å²) >= 11 is 0. The molecule has 0 bridgehead atoms. The van der Waals surface area contributed by atoms with Gasteiger partial charge in [-0.3, -0.25) is 0 Å². The molecule has 1 rings (SSSR count). The summed E-state index contributed by atoms with van der Waals surface area (Å²) in [5.41, 5.74) is 2.57. The van der Waals surface area contributed by atoms with Crippen molar-refractivity contribution in [1.82, 2.24) is 5.48 Å². The molecular formula is C6H9NO2. The normalized spacial score (nSPS) is 15.4. The fourth-order valence-electron chi connectivity index (χ4n) is 0.525. The monoisotopic (exact) mass is 127 g/mol. The maximum Gasteiger partial charge on any atom is 0.220 e. The van der Waals surface area contributed by atoms with Gasteiger partial charge in [-0.05, 0) is 13.0 Å². The smallest absolute Gasteiger partial charge is 0.220 e. The molecule has 3 nitrogen and oxygen atoms in total. The zero-order valence-corrected chi connectivity index (χ0v) is 5.26. The van der Waals surface area contributed by atoms with Crippen LogP contribution < -0.4 is 5.48 Å². The van der Waals surface area contributed by atoms with E-state index in [0.717, 1.165) is 0 Å². The van der Waals surface area contributed by atoms with Crippen molar-refractivity contribution in [1.29, 1.82) is 0 Å². The van der Waals surface area contributed by atoms with Gasteiger partial charge < -0.3 is 9.57 Å². The van der Waals surface area contributed by atoms with Crippen LogP contribution in [0, 0.1) is 0 Å². The van der Waals surface area contributed by atoms with E-state index in [2.05, 4.69) is 5.48 Å². The largest absolute Gasteiger partial charge is 0.478 e. The SMILES string of the molecule is CCOC1=CC=CON1. The highest BCUT2D eigenvalue weighted by atomic mass is 16.7. The first kappa shape index (κ1) is 6.01. The molecule has 0 saturated heterocycles. The summed E-state index contributed by atoms with van der Waals surface area (Å²) in [5, 5.41) is 0. The minimum Gasteiger partial charge on any atom is -0.478 e. The fraction of sp³-hybridized carbons (Fsp3) is 0.333. The van der Waals surface area contributed by atoms with Gasteiger partial charge in [-0.15, -0.1) is 0 Å². The minimum atomic E-state index is 0.649. The van der Waals surface area contributed by atoms with E-state index >= 15 is 0 Å². The summed E-state index contributed by atoms with van der Waals surface area (Å²) in [5.74, 6) is 0.653. The van der Waals surface area contributed by atoms with Gasteiger partial charge in [0.25, 0.3) is 0 Å². The maximum atomic E-state index is 5.06. The third-order valence-corrected chi connectivity index (χ3v) is 0.854. The zero-order valence-electron chi connectivity index (χ0n) is 5.26.